The van der Waals surface area contributed by atoms with Crippen LogP contribution in [0.2, 0.25) is 0 Å². The van der Waals surface area contributed by atoms with Crippen LogP contribution in [0.4, 0.5) is 15.8 Å². The summed E-state index contributed by atoms with van der Waals surface area (Å²) >= 11 is 0. The Morgan fingerprint density at radius 3 is 2.62 bits per heavy atom. The van der Waals surface area contributed by atoms with Crippen LogP contribution in [0.25, 0.3) is 28.2 Å². The number of hydrogen-bond donors (Lipinski definition) is 3. The third-order valence-electron chi connectivity index (χ3n) is 6.14. The minimum Gasteiger partial charge on any atom is -0.387 e. The van der Waals surface area contributed by atoms with Crippen LogP contribution in [0.5, 0.6) is 0 Å². The van der Waals surface area contributed by atoms with Crippen LogP contribution in [0.15, 0.2) is 55.0 Å². The molecule has 4 heterocycles. The average molecular weight is 542 g/mol. The van der Waals surface area contributed by atoms with E-state index in [4.69, 9.17) is 5.26 Å². The van der Waals surface area contributed by atoms with E-state index in [1.807, 2.05) is 18.2 Å². The zero-order chi connectivity index (χ0) is 28.4. The standard InChI is InChI=1S/C26H24FN11O2/c1-26(2,40)21(27)14-31-25(39)19-13-29-22(38-23-17(12-32-38)8-15(10-28)11-30-23)9-20(19)33-18-6-4-16(5-7-18)24-34-35-36-37(24)3/h4-9,11-13,21,40H,14H2,1-3H3,(H,29,33)(H,31,39)/t21-/m1/s1. The van der Waals surface area contributed by atoms with Gasteiger partial charge in [-0.15, -0.1) is 5.10 Å². The Labute approximate surface area is 227 Å². The van der Waals surface area contributed by atoms with Gasteiger partial charge in [0.05, 0.1) is 35.2 Å². The first-order valence-corrected chi connectivity index (χ1v) is 12.1. The summed E-state index contributed by atoms with van der Waals surface area (Å²) in [7, 11) is 1.74. The second-order valence-electron chi connectivity index (χ2n) is 9.55. The number of nitrogens with zero attached hydrogens (tertiary/aromatic N) is 9. The van der Waals surface area contributed by atoms with E-state index in [2.05, 4.69) is 41.2 Å². The number of fused-ring (bicyclic) bond motifs is 1. The van der Waals surface area contributed by atoms with Crippen LogP contribution in [0.1, 0.15) is 29.8 Å². The molecule has 0 saturated carbocycles. The van der Waals surface area contributed by atoms with Crippen molar-refractivity contribution >= 4 is 28.3 Å². The first kappa shape index (κ1) is 26.3. The lowest BCUT2D eigenvalue weighted by atomic mass is 10.0. The number of aliphatic hydroxyl groups is 1. The Balaban J connectivity index is 1.49. The third-order valence-corrected chi connectivity index (χ3v) is 6.14. The first-order valence-electron chi connectivity index (χ1n) is 12.1. The van der Waals surface area contributed by atoms with Crippen LogP contribution in [-0.2, 0) is 7.05 Å². The summed E-state index contributed by atoms with van der Waals surface area (Å²) in [5.41, 5.74) is 1.20. The summed E-state index contributed by atoms with van der Waals surface area (Å²) in [6, 6.07) is 12.6. The van der Waals surface area contributed by atoms with Gasteiger partial charge in [-0.1, -0.05) is 0 Å². The zero-order valence-corrected chi connectivity index (χ0v) is 21.7. The first-order chi connectivity index (χ1) is 19.1. The number of hydrogen-bond acceptors (Lipinski definition) is 10. The minimum atomic E-state index is -1.68. The Kier molecular flexibility index (Phi) is 6.89. The van der Waals surface area contributed by atoms with Crippen molar-refractivity contribution in [3.05, 3.63) is 66.1 Å². The molecule has 0 aliphatic rings. The van der Waals surface area contributed by atoms with Crippen LogP contribution in [0, 0.1) is 11.3 Å². The van der Waals surface area contributed by atoms with Gasteiger partial charge in [0.25, 0.3) is 5.91 Å². The number of anilines is 2. The molecule has 0 radical (unpaired) electrons. The molecule has 3 N–H and O–H groups in total. The summed E-state index contributed by atoms with van der Waals surface area (Å²) in [6.45, 7) is 2.27. The van der Waals surface area contributed by atoms with Crippen molar-refractivity contribution in [3.8, 4) is 23.3 Å². The molecule has 1 amide bonds. The van der Waals surface area contributed by atoms with E-state index in [0.29, 0.717) is 39.6 Å². The average Bonchev–Trinajstić information content (AvgIpc) is 3.57. The molecule has 40 heavy (non-hydrogen) atoms. The molecular formula is C26H24FN11O2. The lowest BCUT2D eigenvalue weighted by Gasteiger charge is -2.22. The lowest BCUT2D eigenvalue weighted by molar-refractivity contribution is -0.00177. The minimum absolute atomic E-state index is 0.143. The van der Waals surface area contributed by atoms with Gasteiger partial charge < -0.3 is 15.7 Å². The Morgan fingerprint density at radius 1 is 1.18 bits per heavy atom. The molecule has 14 heteroatoms. The zero-order valence-electron chi connectivity index (χ0n) is 21.7. The summed E-state index contributed by atoms with van der Waals surface area (Å²) < 4.78 is 17.4. The molecule has 0 aliphatic heterocycles. The Morgan fingerprint density at radius 2 is 1.95 bits per heavy atom. The predicted octanol–water partition coefficient (Wildman–Crippen LogP) is 2.46. The summed E-state index contributed by atoms with van der Waals surface area (Å²) in [4.78, 5) is 21.8. The molecule has 0 unspecified atom stereocenters. The van der Waals surface area contributed by atoms with Crippen molar-refractivity contribution in [2.75, 3.05) is 11.9 Å². The Bertz CT molecular complexity index is 1730. The number of aryl methyl sites for hydroxylation is 1. The maximum atomic E-state index is 14.3. The van der Waals surface area contributed by atoms with E-state index in [0.717, 1.165) is 5.56 Å². The second-order valence-corrected chi connectivity index (χ2v) is 9.55. The normalized spacial score (nSPS) is 12.2. The molecule has 1 aromatic carbocycles. The second kappa shape index (κ2) is 10.5. The van der Waals surface area contributed by atoms with Gasteiger partial charge in [-0.2, -0.15) is 15.0 Å². The fraction of sp³-hybridized carbons (Fsp3) is 0.231. The predicted molar refractivity (Wildman–Crippen MR) is 142 cm³/mol. The van der Waals surface area contributed by atoms with Gasteiger partial charge in [-0.3, -0.25) is 4.79 Å². The molecule has 0 fully saturated rings. The highest BCUT2D eigenvalue weighted by molar-refractivity contribution is 6.00. The van der Waals surface area contributed by atoms with Gasteiger partial charge in [-0.25, -0.2) is 19.0 Å². The fourth-order valence-electron chi connectivity index (χ4n) is 3.85. The molecular weight excluding hydrogens is 517 g/mol. The largest absolute Gasteiger partial charge is 0.387 e. The van der Waals surface area contributed by atoms with Gasteiger partial charge in [-0.05, 0) is 54.6 Å². The number of rotatable bonds is 8. The van der Waals surface area contributed by atoms with Crippen molar-refractivity contribution in [1.29, 1.82) is 5.26 Å². The topological polar surface area (TPSA) is 172 Å². The number of halogens is 1. The quantitative estimate of drug-likeness (QED) is 0.265. The summed E-state index contributed by atoms with van der Waals surface area (Å²) in [5, 5.41) is 41.3. The maximum absolute atomic E-state index is 14.3. The molecule has 0 spiro atoms. The fourth-order valence-corrected chi connectivity index (χ4v) is 3.85. The number of amides is 1. The number of nitriles is 1. The van der Waals surface area contributed by atoms with E-state index in [1.54, 1.807) is 42.2 Å². The van der Waals surface area contributed by atoms with Crippen molar-refractivity contribution in [3.63, 3.8) is 0 Å². The van der Waals surface area contributed by atoms with Gasteiger partial charge in [0.1, 0.15) is 12.2 Å². The molecule has 4 aromatic heterocycles. The smallest absolute Gasteiger partial charge is 0.255 e. The number of carbonyl (C=O) groups is 1. The highest BCUT2D eigenvalue weighted by Gasteiger charge is 2.27. The van der Waals surface area contributed by atoms with Gasteiger partial charge in [0, 0.05) is 42.1 Å². The number of pyridine rings is 2. The van der Waals surface area contributed by atoms with E-state index in [1.165, 1.54) is 30.9 Å². The van der Waals surface area contributed by atoms with E-state index < -0.39 is 17.7 Å². The monoisotopic (exact) mass is 541 g/mol. The van der Waals surface area contributed by atoms with Gasteiger partial charge >= 0.3 is 0 Å². The number of alkyl halides is 1. The maximum Gasteiger partial charge on any atom is 0.255 e. The number of tetrazole rings is 1. The number of aromatic nitrogens is 8. The molecule has 0 bridgehead atoms. The van der Waals surface area contributed by atoms with Gasteiger partial charge in [0.2, 0.25) is 0 Å². The van der Waals surface area contributed by atoms with Crippen LogP contribution in [0.3, 0.4) is 0 Å². The third kappa shape index (κ3) is 5.31. The lowest BCUT2D eigenvalue weighted by Crippen LogP contribution is -2.42. The number of benzene rings is 1. The molecule has 0 aliphatic carbocycles. The highest BCUT2D eigenvalue weighted by Crippen LogP contribution is 2.26. The van der Waals surface area contributed by atoms with Crippen molar-refractivity contribution in [2.45, 2.75) is 25.6 Å². The van der Waals surface area contributed by atoms with Crippen molar-refractivity contribution in [1.82, 2.24) is 45.3 Å². The summed E-state index contributed by atoms with van der Waals surface area (Å²) in [5.74, 6) is 0.355. The SMILES string of the molecule is Cn1nnnc1-c1ccc(Nc2cc(-n3ncc4cc(C#N)cnc43)ncc2C(=O)NC[C@@H](F)C(C)(C)O)cc1. The number of nitrogens with one attached hydrogen (secondary N) is 2. The molecule has 13 nitrogen and oxygen atoms in total. The molecule has 0 saturated heterocycles. The molecule has 1 atom stereocenters. The van der Waals surface area contributed by atoms with E-state index >= 15 is 0 Å². The van der Waals surface area contributed by atoms with Crippen molar-refractivity contribution in [2.24, 2.45) is 7.05 Å². The molecule has 5 aromatic rings. The van der Waals surface area contributed by atoms with Crippen LogP contribution in [-0.4, -0.2) is 69.3 Å². The van der Waals surface area contributed by atoms with Gasteiger partial charge in [0.15, 0.2) is 17.3 Å². The Hall–Kier alpha value is -5.29. The number of carbonyl (C=O) groups excluding carboxylic acids is 1. The summed E-state index contributed by atoms with van der Waals surface area (Å²) in [6.07, 6.45) is 2.67. The van der Waals surface area contributed by atoms with Crippen LogP contribution < -0.4 is 10.6 Å². The highest BCUT2D eigenvalue weighted by atomic mass is 19.1. The molecule has 202 valence electrons. The van der Waals surface area contributed by atoms with E-state index in [9.17, 15) is 14.3 Å². The van der Waals surface area contributed by atoms with E-state index in [-0.39, 0.29) is 12.1 Å². The van der Waals surface area contributed by atoms with Crippen LogP contribution >= 0.6 is 0 Å². The van der Waals surface area contributed by atoms with Crippen molar-refractivity contribution < 1.29 is 14.3 Å². The molecule has 5 rings (SSSR count).